The molecule has 4 nitrogen and oxygen atoms in total. The maximum Gasteiger partial charge on any atom is 0.303 e. The van der Waals surface area contributed by atoms with E-state index in [-0.39, 0.29) is 6.47 Å². The Kier molecular flexibility index (Phi) is 24.7. The number of carbonyl (C=O) groups is 2. The van der Waals surface area contributed by atoms with E-state index in [0.29, 0.717) is 12.3 Å². The molecule has 2 atom stereocenters. The van der Waals surface area contributed by atoms with E-state index in [1.807, 2.05) is 13.8 Å². The SMILES string of the molecule is C=CC(CCCCCCC(=O)O)C(C)CC.CC.O=CO. The fourth-order valence-electron chi connectivity index (χ4n) is 1.95. The topological polar surface area (TPSA) is 74.6 Å². The predicted octanol–water partition coefficient (Wildman–Crippen LogP) is 4.99. The van der Waals surface area contributed by atoms with E-state index in [4.69, 9.17) is 15.0 Å². The van der Waals surface area contributed by atoms with Crippen molar-refractivity contribution in [3.05, 3.63) is 12.7 Å². The lowest BCUT2D eigenvalue weighted by atomic mass is 9.87. The molecule has 0 aromatic heterocycles. The highest BCUT2D eigenvalue weighted by Crippen LogP contribution is 2.22. The summed E-state index contributed by atoms with van der Waals surface area (Å²) in [6.07, 6.45) is 8.99. The Balaban J connectivity index is -0.000000569. The molecular weight excluding hydrogens is 268 g/mol. The van der Waals surface area contributed by atoms with Gasteiger partial charge in [0.1, 0.15) is 0 Å². The van der Waals surface area contributed by atoms with Crippen molar-refractivity contribution in [1.29, 1.82) is 0 Å². The van der Waals surface area contributed by atoms with Gasteiger partial charge in [-0.1, -0.05) is 59.5 Å². The van der Waals surface area contributed by atoms with E-state index >= 15 is 0 Å². The number of carboxylic acids is 1. The molecule has 2 N–H and O–H groups in total. The lowest BCUT2D eigenvalue weighted by molar-refractivity contribution is -0.137. The first-order valence-corrected chi connectivity index (χ1v) is 7.95. The molecule has 0 saturated carbocycles. The maximum atomic E-state index is 10.3. The van der Waals surface area contributed by atoms with Gasteiger partial charge in [0.05, 0.1) is 0 Å². The van der Waals surface area contributed by atoms with Crippen LogP contribution in [-0.4, -0.2) is 22.7 Å². The molecule has 0 bridgehead atoms. The second kappa shape index (κ2) is 21.0. The highest BCUT2D eigenvalue weighted by Gasteiger charge is 2.11. The van der Waals surface area contributed by atoms with Crippen molar-refractivity contribution in [2.45, 2.75) is 72.6 Å². The molecule has 0 aromatic rings. The zero-order valence-electron chi connectivity index (χ0n) is 14.2. The van der Waals surface area contributed by atoms with Crippen molar-refractivity contribution in [3.8, 4) is 0 Å². The summed E-state index contributed by atoms with van der Waals surface area (Å²) in [5.74, 6) is 0.671. The standard InChI is InChI=1S/C14H26O2.C2H6.CH2O2/c1-4-12(3)13(5-2)10-8-6-7-9-11-14(15)16;1-2;2-1-3/h5,12-13H,2,4,6-11H2,1,3H3,(H,15,16);1-2H3;1H,(H,2,3). The molecule has 0 aliphatic heterocycles. The molecule has 0 spiro atoms. The molecule has 2 unspecified atom stereocenters. The highest BCUT2D eigenvalue weighted by atomic mass is 16.4. The van der Waals surface area contributed by atoms with E-state index in [2.05, 4.69) is 26.5 Å². The van der Waals surface area contributed by atoms with Crippen LogP contribution in [0.5, 0.6) is 0 Å². The molecule has 126 valence electrons. The van der Waals surface area contributed by atoms with Gasteiger partial charge in [-0.3, -0.25) is 9.59 Å². The van der Waals surface area contributed by atoms with Crippen LogP contribution >= 0.6 is 0 Å². The fourth-order valence-corrected chi connectivity index (χ4v) is 1.95. The second-order valence-corrected chi connectivity index (χ2v) is 4.74. The fraction of sp³-hybridized carbons (Fsp3) is 0.765. The number of aliphatic carboxylic acids is 1. The molecule has 0 saturated heterocycles. The highest BCUT2D eigenvalue weighted by molar-refractivity contribution is 5.66. The maximum absolute atomic E-state index is 10.3. The normalized spacial score (nSPS) is 11.8. The summed E-state index contributed by atoms with van der Waals surface area (Å²) >= 11 is 0. The van der Waals surface area contributed by atoms with Crippen LogP contribution in [0.25, 0.3) is 0 Å². The van der Waals surface area contributed by atoms with Crippen LogP contribution < -0.4 is 0 Å². The summed E-state index contributed by atoms with van der Waals surface area (Å²) in [7, 11) is 0. The van der Waals surface area contributed by atoms with Gasteiger partial charge in [-0.2, -0.15) is 0 Å². The molecule has 0 aliphatic carbocycles. The summed E-state index contributed by atoms with van der Waals surface area (Å²) in [6, 6.07) is 0. The molecule has 0 radical (unpaired) electrons. The number of hydrogen-bond acceptors (Lipinski definition) is 2. The lowest BCUT2D eigenvalue weighted by Gasteiger charge is -2.18. The zero-order chi connectivity index (χ0) is 17.1. The van der Waals surface area contributed by atoms with Gasteiger partial charge in [0.2, 0.25) is 0 Å². The number of carboxylic acid groups (broad SMARTS) is 2. The van der Waals surface area contributed by atoms with Gasteiger partial charge >= 0.3 is 5.97 Å². The molecule has 0 fully saturated rings. The van der Waals surface area contributed by atoms with Crippen molar-refractivity contribution in [2.24, 2.45) is 11.8 Å². The molecular formula is C17H34O4. The Morgan fingerprint density at radius 1 is 1.19 bits per heavy atom. The van der Waals surface area contributed by atoms with Gasteiger partial charge in [0.25, 0.3) is 6.47 Å². The first-order valence-electron chi connectivity index (χ1n) is 7.95. The smallest absolute Gasteiger partial charge is 0.303 e. The minimum Gasteiger partial charge on any atom is -0.483 e. The second-order valence-electron chi connectivity index (χ2n) is 4.74. The quantitative estimate of drug-likeness (QED) is 0.339. The Hall–Kier alpha value is -1.32. The van der Waals surface area contributed by atoms with Crippen molar-refractivity contribution in [2.75, 3.05) is 0 Å². The van der Waals surface area contributed by atoms with Gasteiger partial charge in [-0.15, -0.1) is 6.58 Å². The molecule has 0 aliphatic rings. The molecule has 0 heterocycles. The van der Waals surface area contributed by atoms with Crippen LogP contribution in [0.3, 0.4) is 0 Å². The molecule has 4 heteroatoms. The Bertz CT molecular complexity index is 239. The van der Waals surface area contributed by atoms with Gasteiger partial charge < -0.3 is 10.2 Å². The van der Waals surface area contributed by atoms with Gasteiger partial charge in [-0.25, -0.2) is 0 Å². The van der Waals surface area contributed by atoms with Gasteiger partial charge in [-0.05, 0) is 24.7 Å². The van der Waals surface area contributed by atoms with Crippen molar-refractivity contribution in [3.63, 3.8) is 0 Å². The van der Waals surface area contributed by atoms with E-state index in [1.165, 1.54) is 19.3 Å². The summed E-state index contributed by atoms with van der Waals surface area (Å²) in [6.45, 7) is 12.1. The summed E-state index contributed by atoms with van der Waals surface area (Å²) in [5, 5.41) is 15.4. The first kappa shape index (κ1) is 24.7. The first-order chi connectivity index (χ1) is 10.0. The predicted molar refractivity (Wildman–Crippen MR) is 88.5 cm³/mol. The zero-order valence-corrected chi connectivity index (χ0v) is 14.2. The third-order valence-electron chi connectivity index (χ3n) is 3.36. The number of hydrogen-bond donors (Lipinski definition) is 2. The Labute approximate surface area is 130 Å². The van der Waals surface area contributed by atoms with Crippen LogP contribution in [0.2, 0.25) is 0 Å². The van der Waals surface area contributed by atoms with Crippen LogP contribution in [0.4, 0.5) is 0 Å². The number of unbranched alkanes of at least 4 members (excludes halogenated alkanes) is 3. The van der Waals surface area contributed by atoms with Crippen molar-refractivity contribution >= 4 is 12.4 Å². The van der Waals surface area contributed by atoms with Crippen LogP contribution in [0.15, 0.2) is 12.7 Å². The molecule has 0 aromatic carbocycles. The van der Waals surface area contributed by atoms with Crippen LogP contribution in [0.1, 0.15) is 72.6 Å². The van der Waals surface area contributed by atoms with Crippen molar-refractivity contribution < 1.29 is 19.8 Å². The molecule has 21 heavy (non-hydrogen) atoms. The largest absolute Gasteiger partial charge is 0.483 e. The average molecular weight is 302 g/mol. The minimum atomic E-state index is -0.677. The minimum absolute atomic E-state index is 0.250. The summed E-state index contributed by atoms with van der Waals surface area (Å²) in [4.78, 5) is 18.7. The monoisotopic (exact) mass is 302 g/mol. The lowest BCUT2D eigenvalue weighted by Crippen LogP contribution is -2.07. The van der Waals surface area contributed by atoms with E-state index in [9.17, 15) is 4.79 Å². The van der Waals surface area contributed by atoms with E-state index < -0.39 is 5.97 Å². The van der Waals surface area contributed by atoms with E-state index in [0.717, 1.165) is 25.2 Å². The number of rotatable bonds is 10. The molecule has 0 rings (SSSR count). The number of allylic oxidation sites excluding steroid dienone is 1. The third-order valence-corrected chi connectivity index (χ3v) is 3.36. The van der Waals surface area contributed by atoms with Crippen molar-refractivity contribution in [1.82, 2.24) is 0 Å². The molecule has 0 amide bonds. The Morgan fingerprint density at radius 3 is 2.05 bits per heavy atom. The Morgan fingerprint density at radius 2 is 1.67 bits per heavy atom. The summed E-state index contributed by atoms with van der Waals surface area (Å²) in [5.41, 5.74) is 0. The van der Waals surface area contributed by atoms with Gasteiger partial charge in [0, 0.05) is 6.42 Å². The van der Waals surface area contributed by atoms with E-state index in [1.54, 1.807) is 0 Å². The van der Waals surface area contributed by atoms with Crippen LogP contribution in [0, 0.1) is 11.8 Å². The van der Waals surface area contributed by atoms with Crippen LogP contribution in [-0.2, 0) is 9.59 Å². The third kappa shape index (κ3) is 21.1. The average Bonchev–Trinajstić information content (AvgIpc) is 2.48. The van der Waals surface area contributed by atoms with Gasteiger partial charge in [0.15, 0.2) is 0 Å². The summed E-state index contributed by atoms with van der Waals surface area (Å²) < 4.78 is 0.